The summed E-state index contributed by atoms with van der Waals surface area (Å²) >= 11 is 3.17. The zero-order valence-electron chi connectivity index (χ0n) is 10.7. The van der Waals surface area contributed by atoms with Crippen molar-refractivity contribution in [1.82, 2.24) is 10.1 Å². The number of benzene rings is 1. The van der Waals surface area contributed by atoms with Crippen molar-refractivity contribution in [1.29, 1.82) is 0 Å². The monoisotopic (exact) mass is 342 g/mol. The van der Waals surface area contributed by atoms with Gasteiger partial charge < -0.3 is 9.26 Å². The van der Waals surface area contributed by atoms with Crippen LogP contribution in [0.5, 0.6) is 0 Å². The Hall–Kier alpha value is -1.76. The highest BCUT2D eigenvalue weighted by atomic mass is 79.9. The first-order chi connectivity index (χ1) is 9.60. The normalized spacial score (nSPS) is 10.6. The van der Waals surface area contributed by atoms with Crippen LogP contribution < -0.4 is 0 Å². The molecule has 5 nitrogen and oxygen atoms in total. The van der Waals surface area contributed by atoms with Gasteiger partial charge in [-0.1, -0.05) is 28.0 Å². The second-order valence-corrected chi connectivity index (χ2v) is 4.97. The van der Waals surface area contributed by atoms with Gasteiger partial charge in [0, 0.05) is 10.9 Å². The summed E-state index contributed by atoms with van der Waals surface area (Å²) in [6.45, 7) is 1.81. The third kappa shape index (κ3) is 3.63. The Labute approximate surface area is 123 Å². The SMILES string of the molecule is CCCc1noc(COC(=O)c2cc(Br)ccc2F)n1. The Kier molecular flexibility index (Phi) is 4.84. The molecule has 0 aliphatic carbocycles. The molecule has 1 aromatic heterocycles. The van der Waals surface area contributed by atoms with Crippen LogP contribution in [0.1, 0.15) is 35.4 Å². The first kappa shape index (κ1) is 14.6. The standard InChI is InChI=1S/C13H12BrFN2O3/c1-2-3-11-16-12(20-17-11)7-19-13(18)9-6-8(14)4-5-10(9)15/h4-6H,2-3,7H2,1H3. The highest BCUT2D eigenvalue weighted by Gasteiger charge is 2.15. The molecular weight excluding hydrogens is 331 g/mol. The molecular formula is C13H12BrFN2O3. The van der Waals surface area contributed by atoms with Gasteiger partial charge in [0.15, 0.2) is 12.4 Å². The Morgan fingerprint density at radius 1 is 1.50 bits per heavy atom. The highest BCUT2D eigenvalue weighted by Crippen LogP contribution is 2.17. The molecule has 0 fully saturated rings. The van der Waals surface area contributed by atoms with E-state index in [4.69, 9.17) is 9.26 Å². The van der Waals surface area contributed by atoms with Crippen LogP contribution >= 0.6 is 15.9 Å². The van der Waals surface area contributed by atoms with E-state index >= 15 is 0 Å². The molecule has 2 aromatic rings. The summed E-state index contributed by atoms with van der Waals surface area (Å²) in [6, 6.07) is 4.04. The number of esters is 1. The molecule has 2 rings (SSSR count). The fourth-order valence-corrected chi connectivity index (χ4v) is 1.89. The second-order valence-electron chi connectivity index (χ2n) is 4.05. The van der Waals surface area contributed by atoms with Gasteiger partial charge in [-0.05, 0) is 24.6 Å². The Balaban J connectivity index is 1.99. The van der Waals surface area contributed by atoms with Crippen molar-refractivity contribution < 1.29 is 18.4 Å². The van der Waals surface area contributed by atoms with Crippen LogP contribution in [0.25, 0.3) is 0 Å². The zero-order valence-corrected chi connectivity index (χ0v) is 12.3. The third-order valence-corrected chi connectivity index (χ3v) is 2.95. The van der Waals surface area contributed by atoms with E-state index in [-0.39, 0.29) is 18.1 Å². The maximum Gasteiger partial charge on any atom is 0.341 e. The van der Waals surface area contributed by atoms with Crippen molar-refractivity contribution >= 4 is 21.9 Å². The number of aryl methyl sites for hydroxylation is 1. The molecule has 20 heavy (non-hydrogen) atoms. The van der Waals surface area contributed by atoms with Crippen molar-refractivity contribution in [3.05, 3.63) is 45.8 Å². The van der Waals surface area contributed by atoms with Crippen molar-refractivity contribution in [2.75, 3.05) is 0 Å². The summed E-state index contributed by atoms with van der Waals surface area (Å²) in [5.41, 5.74) is -0.146. The van der Waals surface area contributed by atoms with E-state index < -0.39 is 11.8 Å². The van der Waals surface area contributed by atoms with Gasteiger partial charge in [0.2, 0.25) is 0 Å². The van der Waals surface area contributed by atoms with Gasteiger partial charge in [-0.15, -0.1) is 0 Å². The number of aromatic nitrogens is 2. The summed E-state index contributed by atoms with van der Waals surface area (Å²) in [5.74, 6) is -0.668. The van der Waals surface area contributed by atoms with Gasteiger partial charge in [0.1, 0.15) is 5.82 Å². The Morgan fingerprint density at radius 2 is 2.30 bits per heavy atom. The first-order valence-corrected chi connectivity index (χ1v) is 6.83. The maximum atomic E-state index is 13.5. The Morgan fingerprint density at radius 3 is 3.05 bits per heavy atom. The third-order valence-electron chi connectivity index (χ3n) is 2.46. The van der Waals surface area contributed by atoms with E-state index in [1.807, 2.05) is 6.92 Å². The van der Waals surface area contributed by atoms with Crippen LogP contribution in [0.2, 0.25) is 0 Å². The van der Waals surface area contributed by atoms with Gasteiger partial charge in [-0.3, -0.25) is 0 Å². The minimum atomic E-state index is -0.779. The first-order valence-electron chi connectivity index (χ1n) is 6.03. The van der Waals surface area contributed by atoms with E-state index in [2.05, 4.69) is 26.1 Å². The number of hydrogen-bond acceptors (Lipinski definition) is 5. The fraction of sp³-hybridized carbons (Fsp3) is 0.308. The number of nitrogens with zero attached hydrogens (tertiary/aromatic N) is 2. The number of ether oxygens (including phenoxy) is 1. The number of hydrogen-bond donors (Lipinski definition) is 0. The number of carbonyl (C=O) groups excluding carboxylic acids is 1. The predicted octanol–water partition coefficient (Wildman–Crippen LogP) is 3.28. The minimum Gasteiger partial charge on any atom is -0.452 e. The minimum absolute atomic E-state index is 0.146. The lowest BCUT2D eigenvalue weighted by Crippen LogP contribution is -2.08. The van der Waals surface area contributed by atoms with E-state index in [1.165, 1.54) is 18.2 Å². The van der Waals surface area contributed by atoms with Gasteiger partial charge >= 0.3 is 5.97 Å². The molecule has 0 aliphatic heterocycles. The number of carbonyl (C=O) groups is 1. The lowest BCUT2D eigenvalue weighted by molar-refractivity contribution is 0.0424. The van der Waals surface area contributed by atoms with E-state index in [0.717, 1.165) is 6.42 Å². The molecule has 0 atom stereocenters. The summed E-state index contributed by atoms with van der Waals surface area (Å²) in [6.07, 6.45) is 1.58. The average molecular weight is 343 g/mol. The molecule has 7 heteroatoms. The largest absolute Gasteiger partial charge is 0.452 e. The number of rotatable bonds is 5. The van der Waals surface area contributed by atoms with Gasteiger partial charge in [-0.2, -0.15) is 4.98 Å². The van der Waals surface area contributed by atoms with Gasteiger partial charge in [0.25, 0.3) is 5.89 Å². The molecule has 0 saturated heterocycles. The van der Waals surface area contributed by atoms with Crippen LogP contribution in [0.4, 0.5) is 4.39 Å². The molecule has 0 aliphatic rings. The van der Waals surface area contributed by atoms with Crippen molar-refractivity contribution in [2.45, 2.75) is 26.4 Å². The van der Waals surface area contributed by atoms with Gasteiger partial charge in [-0.25, -0.2) is 9.18 Å². The average Bonchev–Trinajstić information content (AvgIpc) is 2.87. The van der Waals surface area contributed by atoms with E-state index in [0.29, 0.717) is 16.7 Å². The quantitative estimate of drug-likeness (QED) is 0.780. The van der Waals surface area contributed by atoms with Crippen molar-refractivity contribution in [3.63, 3.8) is 0 Å². The maximum absolute atomic E-state index is 13.5. The van der Waals surface area contributed by atoms with Crippen molar-refractivity contribution in [2.24, 2.45) is 0 Å². The lowest BCUT2D eigenvalue weighted by atomic mass is 10.2. The summed E-state index contributed by atoms with van der Waals surface area (Å²) in [4.78, 5) is 15.8. The summed E-state index contributed by atoms with van der Waals surface area (Å²) < 4.78 is 23.9. The molecule has 0 bridgehead atoms. The van der Waals surface area contributed by atoms with E-state index in [1.54, 1.807) is 0 Å². The smallest absolute Gasteiger partial charge is 0.341 e. The van der Waals surface area contributed by atoms with Crippen molar-refractivity contribution in [3.8, 4) is 0 Å². The fourth-order valence-electron chi connectivity index (χ4n) is 1.53. The molecule has 0 spiro atoms. The summed E-state index contributed by atoms with van der Waals surface area (Å²) in [7, 11) is 0. The molecule has 1 heterocycles. The molecule has 0 amide bonds. The molecule has 0 unspecified atom stereocenters. The summed E-state index contributed by atoms with van der Waals surface area (Å²) in [5, 5.41) is 3.73. The molecule has 0 N–H and O–H groups in total. The van der Waals surface area contributed by atoms with E-state index in [9.17, 15) is 9.18 Å². The molecule has 106 valence electrons. The topological polar surface area (TPSA) is 65.2 Å². The highest BCUT2D eigenvalue weighted by molar-refractivity contribution is 9.10. The van der Waals surface area contributed by atoms with Crippen LogP contribution in [0, 0.1) is 5.82 Å². The van der Waals surface area contributed by atoms with Crippen LogP contribution in [-0.4, -0.2) is 16.1 Å². The Bertz CT molecular complexity index is 615. The molecule has 1 aromatic carbocycles. The second kappa shape index (κ2) is 6.60. The number of halogens is 2. The predicted molar refractivity (Wildman–Crippen MR) is 71.5 cm³/mol. The molecule has 0 saturated carbocycles. The van der Waals surface area contributed by atoms with Crippen LogP contribution in [-0.2, 0) is 17.8 Å². The lowest BCUT2D eigenvalue weighted by Gasteiger charge is -2.03. The van der Waals surface area contributed by atoms with Crippen LogP contribution in [0.3, 0.4) is 0 Å². The van der Waals surface area contributed by atoms with Gasteiger partial charge in [0.05, 0.1) is 5.56 Å². The zero-order chi connectivity index (χ0) is 14.5. The molecule has 0 radical (unpaired) electrons. The van der Waals surface area contributed by atoms with Crippen LogP contribution in [0.15, 0.2) is 27.2 Å².